The molecule has 0 spiro atoms. The molecule has 2 aromatic carbocycles. The van der Waals surface area contributed by atoms with E-state index in [1.165, 1.54) is 12.8 Å². The van der Waals surface area contributed by atoms with Crippen LogP contribution in [0.15, 0.2) is 42.5 Å². The van der Waals surface area contributed by atoms with Crippen LogP contribution < -0.4 is 16.0 Å². The Labute approximate surface area is 165 Å². The van der Waals surface area contributed by atoms with Crippen molar-refractivity contribution in [3.63, 3.8) is 0 Å². The second-order valence-electron chi connectivity index (χ2n) is 7.96. The summed E-state index contributed by atoms with van der Waals surface area (Å²) in [6.07, 6.45) is 2.21. The number of hydrogen-bond acceptors (Lipinski definition) is 5. The Morgan fingerprint density at radius 1 is 1.11 bits per heavy atom. The second-order valence-corrected chi connectivity index (χ2v) is 7.96. The maximum Gasteiger partial charge on any atom is 0.255 e. The number of nitrogens with two attached hydrogens (primary N) is 1. The van der Waals surface area contributed by atoms with E-state index in [0.29, 0.717) is 11.3 Å². The number of nitrogens with zero attached hydrogens (tertiary/aromatic N) is 2. The molecule has 0 aliphatic carbocycles. The molecule has 2 aliphatic rings. The van der Waals surface area contributed by atoms with Crippen molar-refractivity contribution in [1.82, 2.24) is 10.2 Å². The second kappa shape index (κ2) is 7.72. The number of benzene rings is 2. The summed E-state index contributed by atoms with van der Waals surface area (Å²) in [5, 5.41) is 12.7. The van der Waals surface area contributed by atoms with E-state index in [1.54, 1.807) is 18.2 Å². The number of nitrogens with one attached hydrogen (secondary N) is 1. The first-order valence-corrected chi connectivity index (χ1v) is 9.99. The highest BCUT2D eigenvalue weighted by atomic mass is 16.3. The number of piperidine rings is 1. The molecule has 0 bridgehead atoms. The number of amides is 1. The average molecular weight is 380 g/mol. The zero-order chi connectivity index (χ0) is 19.7. The predicted molar refractivity (Wildman–Crippen MR) is 111 cm³/mol. The number of rotatable bonds is 4. The molecule has 28 heavy (non-hydrogen) atoms. The number of phenols is 1. The van der Waals surface area contributed by atoms with E-state index in [9.17, 15) is 9.90 Å². The van der Waals surface area contributed by atoms with Gasteiger partial charge in [0.25, 0.3) is 5.91 Å². The Morgan fingerprint density at radius 3 is 2.54 bits per heavy atom. The maximum absolute atomic E-state index is 12.7. The van der Waals surface area contributed by atoms with Gasteiger partial charge in [-0.3, -0.25) is 4.79 Å². The van der Waals surface area contributed by atoms with Crippen LogP contribution in [-0.2, 0) is 0 Å². The SMILES string of the molecule is CC1CCN(CCN2c3ccc(N)cc3C(=O)NC2c2ccc(O)cc2)CC1. The molecule has 4 rings (SSSR count). The summed E-state index contributed by atoms with van der Waals surface area (Å²) >= 11 is 0. The fourth-order valence-corrected chi connectivity index (χ4v) is 4.11. The topological polar surface area (TPSA) is 81.8 Å². The van der Waals surface area contributed by atoms with Crippen LogP contribution in [0.2, 0.25) is 0 Å². The fraction of sp³-hybridized carbons (Fsp3) is 0.409. The van der Waals surface area contributed by atoms with Gasteiger partial charge in [0.05, 0.1) is 11.3 Å². The van der Waals surface area contributed by atoms with Crippen LogP contribution in [0, 0.1) is 5.92 Å². The summed E-state index contributed by atoms with van der Waals surface area (Å²) in [5.41, 5.74) is 8.97. The first-order valence-electron chi connectivity index (χ1n) is 9.99. The number of carbonyl (C=O) groups excluding carboxylic acids is 1. The van der Waals surface area contributed by atoms with Crippen molar-refractivity contribution in [2.24, 2.45) is 5.92 Å². The van der Waals surface area contributed by atoms with Crippen LogP contribution >= 0.6 is 0 Å². The highest BCUT2D eigenvalue weighted by Crippen LogP contribution is 2.34. The number of phenolic OH excluding ortho intramolecular Hbond substituents is 1. The molecule has 6 nitrogen and oxygen atoms in total. The molecular formula is C22H28N4O2. The number of aromatic hydroxyl groups is 1. The summed E-state index contributed by atoms with van der Waals surface area (Å²) in [4.78, 5) is 17.5. The number of fused-ring (bicyclic) bond motifs is 1. The number of hydrogen-bond donors (Lipinski definition) is 3. The third-order valence-electron chi connectivity index (χ3n) is 5.90. The highest BCUT2D eigenvalue weighted by molar-refractivity contribution is 6.02. The predicted octanol–water partition coefficient (Wildman–Crippen LogP) is 2.95. The van der Waals surface area contributed by atoms with Gasteiger partial charge in [-0.15, -0.1) is 0 Å². The van der Waals surface area contributed by atoms with Crippen LogP contribution in [0.3, 0.4) is 0 Å². The van der Waals surface area contributed by atoms with Gasteiger partial charge in [-0.1, -0.05) is 19.1 Å². The maximum atomic E-state index is 12.7. The lowest BCUT2D eigenvalue weighted by molar-refractivity contribution is 0.0925. The molecule has 2 aromatic rings. The zero-order valence-corrected chi connectivity index (χ0v) is 16.3. The summed E-state index contributed by atoms with van der Waals surface area (Å²) in [5.74, 6) is 0.899. The minimum atomic E-state index is -0.270. The Morgan fingerprint density at radius 2 is 1.82 bits per heavy atom. The van der Waals surface area contributed by atoms with E-state index < -0.39 is 0 Å². The standard InChI is InChI=1S/C22H28N4O2/c1-15-8-10-25(11-9-15)12-13-26-20-7-4-17(23)14-19(20)22(28)24-21(26)16-2-5-18(27)6-3-16/h2-7,14-15,21,27H,8-13,23H2,1H3,(H,24,28). The van der Waals surface area contributed by atoms with Gasteiger partial charge in [0.15, 0.2) is 0 Å². The molecule has 0 saturated carbocycles. The van der Waals surface area contributed by atoms with Gasteiger partial charge < -0.3 is 26.0 Å². The van der Waals surface area contributed by atoms with E-state index in [0.717, 1.165) is 43.3 Å². The molecule has 1 saturated heterocycles. The molecule has 1 unspecified atom stereocenters. The van der Waals surface area contributed by atoms with Crippen molar-refractivity contribution in [1.29, 1.82) is 0 Å². The quantitative estimate of drug-likeness (QED) is 0.711. The van der Waals surface area contributed by atoms with Gasteiger partial charge in [-0.05, 0) is 67.7 Å². The minimum Gasteiger partial charge on any atom is -0.508 e. The van der Waals surface area contributed by atoms with Crippen molar-refractivity contribution in [2.45, 2.75) is 25.9 Å². The molecule has 1 fully saturated rings. The molecule has 0 aromatic heterocycles. The fourth-order valence-electron chi connectivity index (χ4n) is 4.11. The van der Waals surface area contributed by atoms with Crippen molar-refractivity contribution in [3.05, 3.63) is 53.6 Å². The summed E-state index contributed by atoms with van der Waals surface area (Å²) in [6.45, 7) is 6.32. The van der Waals surface area contributed by atoms with Gasteiger partial charge in [-0.25, -0.2) is 0 Å². The molecule has 148 valence electrons. The van der Waals surface area contributed by atoms with Crippen molar-refractivity contribution >= 4 is 17.3 Å². The lowest BCUT2D eigenvalue weighted by Crippen LogP contribution is -2.49. The Balaban J connectivity index is 1.62. The first-order chi connectivity index (χ1) is 13.5. The van der Waals surface area contributed by atoms with Gasteiger partial charge in [-0.2, -0.15) is 0 Å². The van der Waals surface area contributed by atoms with Crippen LogP contribution in [0.5, 0.6) is 5.75 Å². The molecule has 1 atom stereocenters. The molecule has 6 heteroatoms. The third-order valence-corrected chi connectivity index (χ3v) is 5.90. The zero-order valence-electron chi connectivity index (χ0n) is 16.3. The molecule has 0 radical (unpaired) electrons. The summed E-state index contributed by atoms with van der Waals surface area (Å²) in [6, 6.07) is 12.6. The smallest absolute Gasteiger partial charge is 0.255 e. The van der Waals surface area contributed by atoms with Crippen LogP contribution in [0.4, 0.5) is 11.4 Å². The lowest BCUT2D eigenvalue weighted by atomic mass is 9.99. The largest absolute Gasteiger partial charge is 0.508 e. The monoisotopic (exact) mass is 380 g/mol. The van der Waals surface area contributed by atoms with Crippen molar-refractivity contribution < 1.29 is 9.90 Å². The Bertz CT molecular complexity index is 844. The Hall–Kier alpha value is -2.73. The minimum absolute atomic E-state index is 0.122. The third kappa shape index (κ3) is 3.78. The molecule has 2 aliphatic heterocycles. The van der Waals surface area contributed by atoms with Crippen molar-refractivity contribution in [3.8, 4) is 5.75 Å². The highest BCUT2D eigenvalue weighted by Gasteiger charge is 2.32. The lowest BCUT2D eigenvalue weighted by Gasteiger charge is -2.41. The van der Waals surface area contributed by atoms with E-state index in [1.807, 2.05) is 24.3 Å². The molecule has 2 heterocycles. The van der Waals surface area contributed by atoms with E-state index in [-0.39, 0.29) is 17.8 Å². The van der Waals surface area contributed by atoms with Crippen LogP contribution in [0.1, 0.15) is 41.9 Å². The first kappa shape index (κ1) is 18.6. The average Bonchev–Trinajstić information content (AvgIpc) is 2.69. The van der Waals surface area contributed by atoms with E-state index in [4.69, 9.17) is 5.73 Å². The number of nitrogen functional groups attached to an aromatic ring is 1. The van der Waals surface area contributed by atoms with Gasteiger partial charge in [0, 0.05) is 18.8 Å². The van der Waals surface area contributed by atoms with Gasteiger partial charge in [0.1, 0.15) is 11.9 Å². The Kier molecular flexibility index (Phi) is 5.13. The number of anilines is 2. The summed E-state index contributed by atoms with van der Waals surface area (Å²) < 4.78 is 0. The van der Waals surface area contributed by atoms with Crippen LogP contribution in [-0.4, -0.2) is 42.1 Å². The van der Waals surface area contributed by atoms with E-state index >= 15 is 0 Å². The van der Waals surface area contributed by atoms with Crippen molar-refractivity contribution in [2.75, 3.05) is 36.8 Å². The molecule has 1 amide bonds. The van der Waals surface area contributed by atoms with E-state index in [2.05, 4.69) is 22.0 Å². The number of carbonyl (C=O) groups is 1. The van der Waals surface area contributed by atoms with Crippen LogP contribution in [0.25, 0.3) is 0 Å². The molecular weight excluding hydrogens is 352 g/mol. The summed E-state index contributed by atoms with van der Waals surface area (Å²) in [7, 11) is 0. The van der Waals surface area contributed by atoms with Gasteiger partial charge >= 0.3 is 0 Å². The normalized spacial score (nSPS) is 20.7. The molecule has 4 N–H and O–H groups in total. The number of likely N-dealkylation sites (tertiary alicyclic amines) is 1. The van der Waals surface area contributed by atoms with Gasteiger partial charge in [0.2, 0.25) is 0 Å².